The summed E-state index contributed by atoms with van der Waals surface area (Å²) in [6.45, 7) is 3.98. The largest absolute Gasteiger partial charge is 0.490 e. The molecule has 21 heavy (non-hydrogen) atoms. The zero-order valence-corrected chi connectivity index (χ0v) is 11.6. The highest BCUT2D eigenvalue weighted by atomic mass is 19.4. The summed E-state index contributed by atoms with van der Waals surface area (Å²) in [5, 5.41) is 7.12. The fourth-order valence-corrected chi connectivity index (χ4v) is 1.07. The number of hydrogen-bond donors (Lipinski definition) is 2. The molecule has 0 fully saturated rings. The number of aliphatic carboxylic acids is 1. The van der Waals surface area contributed by atoms with Gasteiger partial charge in [-0.2, -0.15) is 13.2 Å². The molecule has 0 saturated carbocycles. The van der Waals surface area contributed by atoms with E-state index in [2.05, 4.69) is 4.74 Å². The minimum absolute atomic E-state index is 0.187. The number of ether oxygens (including phenoxy) is 1. The molecule has 120 valence electrons. The van der Waals surface area contributed by atoms with Gasteiger partial charge in [-0.05, 0) is 18.1 Å². The summed E-state index contributed by atoms with van der Waals surface area (Å²) in [5.74, 6) is -2.16. The minimum atomic E-state index is -5.08. The quantitative estimate of drug-likeness (QED) is 0.831. The molecule has 0 aliphatic heterocycles. The molecule has 3 N–H and O–H groups in total. The van der Waals surface area contributed by atoms with Crippen LogP contribution in [0, 0.1) is 5.92 Å². The van der Waals surface area contributed by atoms with Crippen LogP contribution in [0.3, 0.4) is 0 Å². The first-order chi connectivity index (χ1) is 9.50. The van der Waals surface area contributed by atoms with Crippen molar-refractivity contribution in [3.05, 3.63) is 23.7 Å². The zero-order chi connectivity index (χ0) is 16.8. The Bertz CT molecular complexity index is 481. The van der Waals surface area contributed by atoms with Gasteiger partial charge in [0.15, 0.2) is 0 Å². The molecule has 0 spiro atoms. The van der Waals surface area contributed by atoms with Gasteiger partial charge in [-0.3, -0.25) is 0 Å². The Morgan fingerprint density at radius 1 is 1.33 bits per heavy atom. The van der Waals surface area contributed by atoms with Crippen molar-refractivity contribution in [2.24, 2.45) is 11.7 Å². The average molecular weight is 311 g/mol. The molecule has 0 unspecified atom stereocenters. The van der Waals surface area contributed by atoms with Crippen molar-refractivity contribution in [2.45, 2.75) is 26.1 Å². The van der Waals surface area contributed by atoms with Gasteiger partial charge in [-0.15, -0.1) is 0 Å². The van der Waals surface area contributed by atoms with Crippen LogP contribution in [0.2, 0.25) is 0 Å². The highest BCUT2D eigenvalue weighted by Gasteiger charge is 2.38. The molecule has 0 aliphatic carbocycles. The molecule has 1 atom stereocenters. The van der Waals surface area contributed by atoms with E-state index in [1.807, 2.05) is 13.8 Å². The van der Waals surface area contributed by atoms with E-state index in [0.717, 1.165) is 0 Å². The van der Waals surface area contributed by atoms with Gasteiger partial charge in [0.05, 0.1) is 13.2 Å². The van der Waals surface area contributed by atoms with E-state index in [0.29, 0.717) is 5.76 Å². The lowest BCUT2D eigenvalue weighted by Crippen LogP contribution is -2.21. The molecule has 0 bridgehead atoms. The highest BCUT2D eigenvalue weighted by molar-refractivity contribution is 5.86. The number of carboxylic acid groups (broad SMARTS) is 1. The fourth-order valence-electron chi connectivity index (χ4n) is 1.07. The molecule has 6 nitrogen and oxygen atoms in total. The lowest BCUT2D eigenvalue weighted by atomic mass is 10.0. The van der Waals surface area contributed by atoms with Crippen LogP contribution in [0.5, 0.6) is 0 Å². The second kappa shape index (κ2) is 7.67. The number of carbonyl (C=O) groups is 2. The lowest BCUT2D eigenvalue weighted by Gasteiger charge is -2.11. The SMILES string of the molecule is COC(=O)c1ccc([C@H](N)C(C)C)o1.O=C(O)C(F)(F)F. The topological polar surface area (TPSA) is 103 Å². The van der Waals surface area contributed by atoms with Crippen molar-refractivity contribution < 1.29 is 37.0 Å². The third-order valence-corrected chi connectivity index (χ3v) is 2.30. The molecule has 1 rings (SSSR count). The molecular formula is C12H16F3NO5. The number of rotatable bonds is 3. The molecular weight excluding hydrogens is 295 g/mol. The molecule has 0 radical (unpaired) electrons. The van der Waals surface area contributed by atoms with Gasteiger partial charge in [0, 0.05) is 0 Å². The number of alkyl halides is 3. The van der Waals surface area contributed by atoms with Crippen LogP contribution in [0.25, 0.3) is 0 Å². The first kappa shape index (κ1) is 19.0. The molecule has 1 aromatic rings. The van der Waals surface area contributed by atoms with Crippen LogP contribution in [-0.4, -0.2) is 30.3 Å². The Morgan fingerprint density at radius 3 is 2.14 bits per heavy atom. The van der Waals surface area contributed by atoms with Gasteiger partial charge in [0.2, 0.25) is 5.76 Å². The van der Waals surface area contributed by atoms with E-state index in [-0.39, 0.29) is 17.7 Å². The zero-order valence-electron chi connectivity index (χ0n) is 11.6. The normalized spacial score (nSPS) is 12.4. The Hall–Kier alpha value is -2.03. The molecule has 1 heterocycles. The molecule has 9 heteroatoms. The van der Waals surface area contributed by atoms with E-state index in [9.17, 15) is 18.0 Å². The van der Waals surface area contributed by atoms with Crippen molar-refractivity contribution in [2.75, 3.05) is 7.11 Å². The minimum Gasteiger partial charge on any atom is -0.475 e. The summed E-state index contributed by atoms with van der Waals surface area (Å²) >= 11 is 0. The lowest BCUT2D eigenvalue weighted by molar-refractivity contribution is -0.192. The number of esters is 1. The molecule has 0 saturated heterocycles. The van der Waals surface area contributed by atoms with Gasteiger partial charge in [0.1, 0.15) is 5.76 Å². The second-order valence-corrected chi connectivity index (χ2v) is 4.27. The average Bonchev–Trinajstić information content (AvgIpc) is 2.85. The van der Waals surface area contributed by atoms with Gasteiger partial charge in [-0.1, -0.05) is 13.8 Å². The van der Waals surface area contributed by atoms with Crippen LogP contribution < -0.4 is 5.73 Å². The smallest absolute Gasteiger partial charge is 0.475 e. The summed E-state index contributed by atoms with van der Waals surface area (Å²) < 4.78 is 41.5. The maximum Gasteiger partial charge on any atom is 0.490 e. The van der Waals surface area contributed by atoms with Crippen LogP contribution in [0.15, 0.2) is 16.5 Å². The summed E-state index contributed by atoms with van der Waals surface area (Å²) in [6, 6.07) is 3.09. The van der Waals surface area contributed by atoms with E-state index in [1.54, 1.807) is 12.1 Å². The second-order valence-electron chi connectivity index (χ2n) is 4.27. The first-order valence-corrected chi connectivity index (χ1v) is 5.74. The van der Waals surface area contributed by atoms with Gasteiger partial charge >= 0.3 is 18.1 Å². The van der Waals surface area contributed by atoms with Crippen molar-refractivity contribution >= 4 is 11.9 Å². The van der Waals surface area contributed by atoms with E-state index < -0.39 is 18.1 Å². The number of hydrogen-bond acceptors (Lipinski definition) is 5. The third-order valence-electron chi connectivity index (χ3n) is 2.30. The maximum atomic E-state index is 11.1. The summed E-state index contributed by atoms with van der Waals surface area (Å²) in [5.41, 5.74) is 5.85. The van der Waals surface area contributed by atoms with Crippen LogP contribution in [-0.2, 0) is 9.53 Å². The monoisotopic (exact) mass is 311 g/mol. The number of carboxylic acids is 1. The van der Waals surface area contributed by atoms with Crippen LogP contribution in [0.4, 0.5) is 13.2 Å². The summed E-state index contributed by atoms with van der Waals surface area (Å²) in [7, 11) is 1.31. The summed E-state index contributed by atoms with van der Waals surface area (Å²) in [6.07, 6.45) is -5.08. The van der Waals surface area contributed by atoms with Crippen LogP contribution >= 0.6 is 0 Å². The standard InChI is InChI=1S/C10H15NO3.C2HF3O2/c1-6(2)9(11)7-4-5-8(14-7)10(12)13-3;3-2(4,5)1(6)7/h4-6,9H,11H2,1-3H3;(H,6,7)/t9-;/m1./s1. The Labute approximate surface area is 118 Å². The number of carbonyl (C=O) groups excluding carboxylic acids is 1. The fraction of sp³-hybridized carbons (Fsp3) is 0.500. The van der Waals surface area contributed by atoms with E-state index >= 15 is 0 Å². The Morgan fingerprint density at radius 2 is 1.81 bits per heavy atom. The van der Waals surface area contributed by atoms with Crippen molar-refractivity contribution in [1.29, 1.82) is 0 Å². The molecule has 0 aromatic carbocycles. The number of nitrogens with two attached hydrogens (primary N) is 1. The highest BCUT2D eigenvalue weighted by Crippen LogP contribution is 2.21. The van der Waals surface area contributed by atoms with Crippen molar-refractivity contribution in [1.82, 2.24) is 0 Å². The van der Waals surface area contributed by atoms with E-state index in [1.165, 1.54) is 7.11 Å². The first-order valence-electron chi connectivity index (χ1n) is 5.74. The molecule has 1 aromatic heterocycles. The Kier molecular flexibility index (Phi) is 6.93. The van der Waals surface area contributed by atoms with Gasteiger partial charge in [-0.25, -0.2) is 9.59 Å². The predicted molar refractivity (Wildman–Crippen MR) is 65.5 cm³/mol. The molecule has 0 aliphatic rings. The van der Waals surface area contributed by atoms with Crippen LogP contribution in [0.1, 0.15) is 36.2 Å². The number of furan rings is 1. The number of methoxy groups -OCH3 is 1. The molecule has 0 amide bonds. The number of halogens is 3. The maximum absolute atomic E-state index is 11.1. The third kappa shape index (κ3) is 6.30. The summed E-state index contributed by atoms with van der Waals surface area (Å²) in [4.78, 5) is 20.0. The predicted octanol–water partition coefficient (Wildman–Crippen LogP) is 2.36. The van der Waals surface area contributed by atoms with Crippen molar-refractivity contribution in [3.63, 3.8) is 0 Å². The van der Waals surface area contributed by atoms with E-state index in [4.69, 9.17) is 20.1 Å². The van der Waals surface area contributed by atoms with Crippen molar-refractivity contribution in [3.8, 4) is 0 Å². The van der Waals surface area contributed by atoms with Gasteiger partial charge in [0.25, 0.3) is 0 Å². The Balaban J connectivity index is 0.000000486. The van der Waals surface area contributed by atoms with Gasteiger partial charge < -0.3 is 20.0 Å².